The number of nitrogens with one attached hydrogen (secondary N) is 3. The van der Waals surface area contributed by atoms with Crippen molar-refractivity contribution in [3.8, 4) is 5.69 Å². The topological polar surface area (TPSA) is 181 Å². The molecule has 0 radical (unpaired) electrons. The number of aliphatic imine (C=N–C) groups is 1. The molecular weight excluding hydrogens is 465 g/mol. The number of carbonyl (C=O) groups is 3. The molecule has 0 spiro atoms. The predicted molar refractivity (Wildman–Crippen MR) is 121 cm³/mol. The SMILES string of the molecule is O=CC1Nc2cc([N+](=O)[O-])c(-n3cnc(CNC(=O)Nc4ccccc4F)c3)cc2N=C1C(=O)O. The van der Waals surface area contributed by atoms with Crippen LogP contribution in [0.5, 0.6) is 0 Å². The van der Waals surface area contributed by atoms with E-state index in [1.807, 2.05) is 0 Å². The Kier molecular flexibility index (Phi) is 6.17. The fourth-order valence-electron chi connectivity index (χ4n) is 3.33. The quantitative estimate of drug-likeness (QED) is 0.225. The summed E-state index contributed by atoms with van der Waals surface area (Å²) in [5.74, 6) is -2.01. The van der Waals surface area contributed by atoms with Crippen LogP contribution in [-0.2, 0) is 16.1 Å². The minimum absolute atomic E-state index is 0.00748. The number of hydrogen-bond acceptors (Lipinski definition) is 8. The Bertz CT molecular complexity index is 1390. The Labute approximate surface area is 195 Å². The van der Waals surface area contributed by atoms with E-state index in [0.717, 1.165) is 6.07 Å². The monoisotopic (exact) mass is 481 g/mol. The van der Waals surface area contributed by atoms with Crippen LogP contribution < -0.4 is 16.0 Å². The van der Waals surface area contributed by atoms with Crippen molar-refractivity contribution in [1.29, 1.82) is 0 Å². The van der Waals surface area contributed by atoms with E-state index in [2.05, 4.69) is 25.9 Å². The Balaban J connectivity index is 1.57. The number of imidazole rings is 1. The number of carbonyl (C=O) groups excluding carboxylic acids is 2. The zero-order valence-corrected chi connectivity index (χ0v) is 17.6. The lowest BCUT2D eigenvalue weighted by atomic mass is 10.1. The number of carboxylic acids is 1. The van der Waals surface area contributed by atoms with Crippen molar-refractivity contribution in [2.75, 3.05) is 10.6 Å². The lowest BCUT2D eigenvalue weighted by Crippen LogP contribution is -2.38. The number of nitro groups is 1. The summed E-state index contributed by atoms with van der Waals surface area (Å²) in [5, 5.41) is 28.5. The molecule has 1 atom stereocenters. The molecule has 0 saturated carbocycles. The lowest BCUT2D eigenvalue weighted by molar-refractivity contribution is -0.384. The summed E-state index contributed by atoms with van der Waals surface area (Å²) in [5.41, 5.74) is -0.259. The third kappa shape index (κ3) is 4.80. The number of nitro benzene ring substituents is 1. The van der Waals surface area contributed by atoms with Crippen LogP contribution in [0.4, 0.5) is 31.9 Å². The molecule has 4 rings (SSSR count). The molecule has 3 aromatic rings. The van der Waals surface area contributed by atoms with Crippen LogP contribution in [0.2, 0.25) is 0 Å². The largest absolute Gasteiger partial charge is 0.477 e. The average Bonchev–Trinajstić information content (AvgIpc) is 3.31. The molecule has 2 aromatic carbocycles. The highest BCUT2D eigenvalue weighted by molar-refractivity contribution is 6.42. The Morgan fingerprint density at radius 1 is 1.31 bits per heavy atom. The van der Waals surface area contributed by atoms with E-state index in [4.69, 9.17) is 0 Å². The van der Waals surface area contributed by atoms with Gasteiger partial charge in [0, 0.05) is 12.3 Å². The molecule has 4 N–H and O–H groups in total. The van der Waals surface area contributed by atoms with Crippen LogP contribution in [0, 0.1) is 15.9 Å². The average molecular weight is 481 g/mol. The molecule has 178 valence electrons. The number of aldehydes is 1. The summed E-state index contributed by atoms with van der Waals surface area (Å²) in [4.78, 5) is 53.8. The van der Waals surface area contributed by atoms with Gasteiger partial charge in [-0.3, -0.25) is 14.7 Å². The predicted octanol–water partition coefficient (Wildman–Crippen LogP) is 2.39. The smallest absolute Gasteiger partial charge is 0.352 e. The fourth-order valence-corrected chi connectivity index (χ4v) is 3.33. The molecule has 0 aliphatic carbocycles. The van der Waals surface area contributed by atoms with Gasteiger partial charge in [-0.25, -0.2) is 24.0 Å². The Morgan fingerprint density at radius 2 is 2.09 bits per heavy atom. The maximum absolute atomic E-state index is 13.7. The van der Waals surface area contributed by atoms with Gasteiger partial charge < -0.3 is 25.9 Å². The maximum Gasteiger partial charge on any atom is 0.352 e. The van der Waals surface area contributed by atoms with Gasteiger partial charge in [0.2, 0.25) is 0 Å². The second-order valence-electron chi connectivity index (χ2n) is 7.24. The standard InChI is InChI=1S/C21H16FN7O6/c22-12-3-1-2-4-13(12)27-21(33)23-7-11-8-28(10-24-11)17-5-15-14(6-18(17)29(34)35)25-16(9-30)19(26-15)20(31)32/h1-6,8-10,16,25H,7H2,(H,31,32)(H2,23,27,33). The molecule has 2 heterocycles. The van der Waals surface area contributed by atoms with Crippen molar-refractivity contribution in [2.24, 2.45) is 4.99 Å². The first-order valence-corrected chi connectivity index (χ1v) is 9.95. The van der Waals surface area contributed by atoms with Gasteiger partial charge in [-0.05, 0) is 18.2 Å². The highest BCUT2D eigenvalue weighted by Crippen LogP contribution is 2.38. The van der Waals surface area contributed by atoms with Crippen molar-refractivity contribution in [3.63, 3.8) is 0 Å². The van der Waals surface area contributed by atoms with Crippen LogP contribution in [0.3, 0.4) is 0 Å². The van der Waals surface area contributed by atoms with Gasteiger partial charge in [0.05, 0.1) is 40.6 Å². The number of carboxylic acid groups (broad SMARTS) is 1. The van der Waals surface area contributed by atoms with E-state index in [9.17, 15) is 34.0 Å². The second-order valence-corrected chi connectivity index (χ2v) is 7.24. The van der Waals surface area contributed by atoms with Crippen molar-refractivity contribution >= 4 is 46.7 Å². The van der Waals surface area contributed by atoms with Gasteiger partial charge in [-0.15, -0.1) is 0 Å². The van der Waals surface area contributed by atoms with Gasteiger partial charge in [0.15, 0.2) is 5.71 Å². The van der Waals surface area contributed by atoms with E-state index in [1.54, 1.807) is 6.07 Å². The molecular formula is C21H16FN7O6. The Hall–Kier alpha value is -5.14. The number of anilines is 2. The number of aromatic nitrogens is 2. The summed E-state index contributed by atoms with van der Waals surface area (Å²) >= 11 is 0. The molecule has 1 aliphatic heterocycles. The molecule has 14 heteroatoms. The van der Waals surface area contributed by atoms with Gasteiger partial charge in [-0.2, -0.15) is 0 Å². The van der Waals surface area contributed by atoms with Gasteiger partial charge >= 0.3 is 12.0 Å². The summed E-state index contributed by atoms with van der Waals surface area (Å²) in [6.45, 7) is -0.0735. The second kappa shape index (κ2) is 9.38. The number of halogens is 1. The van der Waals surface area contributed by atoms with E-state index >= 15 is 0 Å². The molecule has 2 amide bonds. The van der Waals surface area contributed by atoms with Crippen LogP contribution in [-0.4, -0.2) is 49.6 Å². The lowest BCUT2D eigenvalue weighted by Gasteiger charge is -2.21. The van der Waals surface area contributed by atoms with Crippen LogP contribution in [0.1, 0.15) is 5.69 Å². The molecule has 13 nitrogen and oxygen atoms in total. The first kappa shape index (κ1) is 23.0. The number of benzene rings is 2. The zero-order chi connectivity index (χ0) is 25.1. The number of nitrogens with zero attached hydrogens (tertiary/aromatic N) is 4. The number of aliphatic carboxylic acids is 1. The summed E-state index contributed by atoms with van der Waals surface area (Å²) in [6, 6.07) is 6.11. The maximum atomic E-state index is 13.7. The van der Waals surface area contributed by atoms with E-state index < -0.39 is 34.5 Å². The number of urea groups is 1. The van der Waals surface area contributed by atoms with Gasteiger partial charge in [-0.1, -0.05) is 12.1 Å². The van der Waals surface area contributed by atoms with Crippen molar-refractivity contribution in [2.45, 2.75) is 12.6 Å². The van der Waals surface area contributed by atoms with Gasteiger partial charge in [0.1, 0.15) is 23.8 Å². The fraction of sp³-hybridized carbons (Fsp3) is 0.0952. The van der Waals surface area contributed by atoms with Crippen molar-refractivity contribution < 1.29 is 28.8 Å². The summed E-state index contributed by atoms with van der Waals surface area (Å²) in [7, 11) is 0. The van der Waals surface area contributed by atoms with Gasteiger partial charge in [0.25, 0.3) is 5.69 Å². The normalized spacial score (nSPS) is 14.2. The molecule has 1 aliphatic rings. The highest BCUT2D eigenvalue weighted by Gasteiger charge is 2.30. The highest BCUT2D eigenvalue weighted by atomic mass is 19.1. The van der Waals surface area contributed by atoms with E-state index in [0.29, 0.717) is 12.0 Å². The minimum Gasteiger partial charge on any atom is -0.477 e. The van der Waals surface area contributed by atoms with Crippen molar-refractivity contribution in [3.05, 3.63) is 70.5 Å². The zero-order valence-electron chi connectivity index (χ0n) is 17.6. The first-order chi connectivity index (χ1) is 16.8. The minimum atomic E-state index is -1.41. The first-order valence-electron chi connectivity index (χ1n) is 9.95. The van der Waals surface area contributed by atoms with Crippen LogP contribution in [0.25, 0.3) is 5.69 Å². The van der Waals surface area contributed by atoms with Crippen LogP contribution >= 0.6 is 0 Å². The number of rotatable bonds is 7. The Morgan fingerprint density at radius 3 is 2.77 bits per heavy atom. The molecule has 1 aromatic heterocycles. The number of amides is 2. The molecule has 1 unspecified atom stereocenters. The molecule has 35 heavy (non-hydrogen) atoms. The van der Waals surface area contributed by atoms with E-state index in [1.165, 1.54) is 41.4 Å². The third-order valence-corrected chi connectivity index (χ3v) is 4.96. The number of fused-ring (bicyclic) bond motifs is 1. The number of hydrogen-bond donors (Lipinski definition) is 4. The molecule has 0 bridgehead atoms. The molecule has 0 fully saturated rings. The molecule has 0 saturated heterocycles. The van der Waals surface area contributed by atoms with E-state index in [-0.39, 0.29) is 35.0 Å². The van der Waals surface area contributed by atoms with Crippen molar-refractivity contribution in [1.82, 2.24) is 14.9 Å². The summed E-state index contributed by atoms with van der Waals surface area (Å²) in [6.07, 6.45) is 3.03. The third-order valence-electron chi connectivity index (χ3n) is 4.96. The van der Waals surface area contributed by atoms with Crippen LogP contribution in [0.15, 0.2) is 53.9 Å². The number of para-hydroxylation sites is 1. The summed E-state index contributed by atoms with van der Waals surface area (Å²) < 4.78 is 15.0.